The Bertz CT molecular complexity index is 1360. The van der Waals surface area contributed by atoms with Crippen LogP contribution in [0.4, 0.5) is 0 Å². The van der Waals surface area contributed by atoms with Crippen LogP contribution in [0.1, 0.15) is 76.7 Å². The van der Waals surface area contributed by atoms with Crippen molar-refractivity contribution in [3.05, 3.63) is 58.4 Å². The van der Waals surface area contributed by atoms with Crippen LogP contribution in [0.25, 0.3) is 10.2 Å². The third kappa shape index (κ3) is 6.52. The fourth-order valence-corrected chi connectivity index (χ4v) is 7.00. The molecule has 8 heteroatoms. The van der Waals surface area contributed by atoms with E-state index in [0.717, 1.165) is 23.2 Å². The maximum atomic E-state index is 13.3. The van der Waals surface area contributed by atoms with Crippen molar-refractivity contribution in [1.82, 2.24) is 8.87 Å². The summed E-state index contributed by atoms with van der Waals surface area (Å²) in [6.45, 7) is 16.2. The lowest BCUT2D eigenvalue weighted by Crippen LogP contribution is -2.37. The Morgan fingerprint density at radius 1 is 0.972 bits per heavy atom. The largest absolute Gasteiger partial charge is 0.316 e. The summed E-state index contributed by atoms with van der Waals surface area (Å²) in [6, 6.07) is 12.6. The third-order valence-electron chi connectivity index (χ3n) is 5.89. The Morgan fingerprint density at radius 3 is 2.11 bits per heavy atom. The van der Waals surface area contributed by atoms with E-state index in [9.17, 15) is 13.2 Å². The van der Waals surface area contributed by atoms with Crippen molar-refractivity contribution in [1.29, 1.82) is 0 Å². The van der Waals surface area contributed by atoms with Crippen LogP contribution in [-0.2, 0) is 16.6 Å². The fourth-order valence-electron chi connectivity index (χ4n) is 4.13. The molecule has 0 radical (unpaired) electrons. The molecule has 1 heterocycles. The molecule has 3 aromatic rings. The van der Waals surface area contributed by atoms with Crippen LogP contribution in [-0.4, -0.2) is 36.3 Å². The first kappa shape index (κ1) is 28.3. The molecule has 196 valence electrons. The number of thiazole rings is 1. The lowest BCUT2D eigenvalue weighted by Gasteiger charge is -2.25. The van der Waals surface area contributed by atoms with Gasteiger partial charge in [-0.05, 0) is 66.1 Å². The predicted octanol–water partition coefficient (Wildman–Crippen LogP) is 6.28. The number of amides is 1. The first-order valence-corrected chi connectivity index (χ1v) is 15.0. The first-order chi connectivity index (χ1) is 16.9. The standard InChI is InChI=1S/C28H39N3O3S2/c1-8-15-31-25-14-11-23(21(6)7)16-26(25)35-28(31)29-27(32)22-9-12-24(13-10-22)36(33,34)30(17-19(2)3)18-20(4)5/h9-14,16,19-21H,8,15,17-18H2,1-7H3. The molecule has 0 aliphatic heterocycles. The number of nitrogens with zero attached hydrogens (tertiary/aromatic N) is 3. The second-order valence-corrected chi connectivity index (χ2v) is 13.4. The van der Waals surface area contributed by atoms with Crippen molar-refractivity contribution in [3.63, 3.8) is 0 Å². The van der Waals surface area contributed by atoms with Gasteiger partial charge in [-0.3, -0.25) is 4.79 Å². The van der Waals surface area contributed by atoms with Gasteiger partial charge >= 0.3 is 0 Å². The number of hydrogen-bond acceptors (Lipinski definition) is 4. The highest BCUT2D eigenvalue weighted by Crippen LogP contribution is 2.24. The molecule has 2 aromatic carbocycles. The quantitative estimate of drug-likeness (QED) is 0.310. The molecule has 0 unspecified atom stereocenters. The molecule has 0 aliphatic rings. The van der Waals surface area contributed by atoms with Crippen LogP contribution < -0.4 is 4.80 Å². The molecule has 6 nitrogen and oxygen atoms in total. The van der Waals surface area contributed by atoms with E-state index in [0.29, 0.717) is 29.4 Å². The van der Waals surface area contributed by atoms with Gasteiger partial charge in [0.1, 0.15) is 0 Å². The number of hydrogen-bond donors (Lipinski definition) is 0. The molecule has 1 aromatic heterocycles. The van der Waals surface area contributed by atoms with E-state index in [1.54, 1.807) is 16.4 Å². The molecule has 0 aliphatic carbocycles. The number of carbonyl (C=O) groups is 1. The third-order valence-corrected chi connectivity index (χ3v) is 8.78. The summed E-state index contributed by atoms with van der Waals surface area (Å²) in [7, 11) is -3.65. The molecule has 0 fully saturated rings. The van der Waals surface area contributed by atoms with Crippen molar-refractivity contribution in [2.75, 3.05) is 13.1 Å². The van der Waals surface area contributed by atoms with E-state index in [2.05, 4.69) is 48.5 Å². The van der Waals surface area contributed by atoms with Gasteiger partial charge in [0.25, 0.3) is 5.91 Å². The Balaban J connectivity index is 1.95. The van der Waals surface area contributed by atoms with E-state index < -0.39 is 10.0 Å². The summed E-state index contributed by atoms with van der Waals surface area (Å²) in [5, 5.41) is 0. The van der Waals surface area contributed by atoms with Crippen LogP contribution in [0.15, 0.2) is 52.4 Å². The monoisotopic (exact) mass is 529 g/mol. The van der Waals surface area contributed by atoms with E-state index >= 15 is 0 Å². The van der Waals surface area contributed by atoms with Gasteiger partial charge in [0.2, 0.25) is 10.0 Å². The van der Waals surface area contributed by atoms with Gasteiger partial charge in [-0.15, -0.1) is 0 Å². The van der Waals surface area contributed by atoms with Crippen molar-refractivity contribution >= 4 is 37.5 Å². The van der Waals surface area contributed by atoms with E-state index in [1.165, 1.54) is 29.0 Å². The molecule has 0 saturated heterocycles. The minimum atomic E-state index is -3.65. The lowest BCUT2D eigenvalue weighted by molar-refractivity contribution is 0.0997. The first-order valence-electron chi connectivity index (χ1n) is 12.8. The maximum Gasteiger partial charge on any atom is 0.279 e. The minimum Gasteiger partial charge on any atom is -0.316 e. The molecular weight excluding hydrogens is 490 g/mol. The zero-order valence-corrected chi connectivity index (χ0v) is 24.1. The SMILES string of the molecule is CCCn1c(=NC(=O)c2ccc(S(=O)(=O)N(CC(C)C)CC(C)C)cc2)sc2cc(C(C)C)ccc21. The molecule has 36 heavy (non-hydrogen) atoms. The van der Waals surface area contributed by atoms with Gasteiger partial charge in [-0.25, -0.2) is 8.42 Å². The minimum absolute atomic E-state index is 0.199. The van der Waals surface area contributed by atoms with Crippen molar-refractivity contribution in [2.24, 2.45) is 16.8 Å². The van der Waals surface area contributed by atoms with Gasteiger partial charge < -0.3 is 4.57 Å². The van der Waals surface area contributed by atoms with Gasteiger partial charge in [0.05, 0.1) is 15.1 Å². The lowest BCUT2D eigenvalue weighted by atomic mass is 10.0. The molecule has 0 atom stereocenters. The normalized spacial score (nSPS) is 13.1. The summed E-state index contributed by atoms with van der Waals surface area (Å²) >= 11 is 1.51. The van der Waals surface area contributed by atoms with Crippen LogP contribution in [0, 0.1) is 11.8 Å². The Kier molecular flexibility index (Phi) is 9.30. The Hall–Kier alpha value is -2.29. The Morgan fingerprint density at radius 2 is 1.58 bits per heavy atom. The van der Waals surface area contributed by atoms with Gasteiger partial charge in [-0.2, -0.15) is 9.30 Å². The maximum absolute atomic E-state index is 13.3. The highest BCUT2D eigenvalue weighted by Gasteiger charge is 2.26. The molecule has 1 amide bonds. The van der Waals surface area contributed by atoms with E-state index in [4.69, 9.17) is 0 Å². The summed E-state index contributed by atoms with van der Waals surface area (Å²) < 4.78 is 31.3. The number of carbonyl (C=O) groups excluding carboxylic acids is 1. The summed E-state index contributed by atoms with van der Waals surface area (Å²) in [5.74, 6) is 0.474. The smallest absolute Gasteiger partial charge is 0.279 e. The number of aromatic nitrogens is 1. The number of fused-ring (bicyclic) bond motifs is 1. The Labute approximate surface area is 219 Å². The van der Waals surface area contributed by atoms with Crippen molar-refractivity contribution < 1.29 is 13.2 Å². The average Bonchev–Trinajstić information content (AvgIpc) is 3.14. The molecule has 0 saturated carbocycles. The molecule has 0 bridgehead atoms. The topological polar surface area (TPSA) is 71.7 Å². The second-order valence-electron chi connectivity index (χ2n) is 10.5. The van der Waals surface area contributed by atoms with Gasteiger partial charge in [0.15, 0.2) is 4.80 Å². The number of benzene rings is 2. The highest BCUT2D eigenvalue weighted by atomic mass is 32.2. The summed E-state index contributed by atoms with van der Waals surface area (Å²) in [4.78, 5) is 18.4. The van der Waals surface area contributed by atoms with Gasteiger partial charge in [-0.1, -0.05) is 65.9 Å². The van der Waals surface area contributed by atoms with Crippen LogP contribution >= 0.6 is 11.3 Å². The number of sulfonamides is 1. The fraction of sp³-hybridized carbons (Fsp3) is 0.500. The van der Waals surface area contributed by atoms with Crippen molar-refractivity contribution in [3.8, 4) is 0 Å². The number of aryl methyl sites for hydroxylation is 1. The van der Waals surface area contributed by atoms with Crippen LogP contribution in [0.5, 0.6) is 0 Å². The van der Waals surface area contributed by atoms with Crippen LogP contribution in [0.3, 0.4) is 0 Å². The molecular formula is C28H39N3O3S2. The zero-order valence-electron chi connectivity index (χ0n) is 22.5. The predicted molar refractivity (Wildman–Crippen MR) is 149 cm³/mol. The molecule has 3 rings (SSSR count). The zero-order chi connectivity index (χ0) is 26.6. The summed E-state index contributed by atoms with van der Waals surface area (Å²) in [5.41, 5.74) is 2.71. The molecule has 0 N–H and O–H groups in total. The average molecular weight is 530 g/mol. The van der Waals surface area contributed by atoms with Gasteiger partial charge in [0, 0.05) is 25.2 Å². The molecule has 0 spiro atoms. The van der Waals surface area contributed by atoms with E-state index in [1.807, 2.05) is 27.7 Å². The van der Waals surface area contributed by atoms with Crippen molar-refractivity contribution in [2.45, 2.75) is 72.2 Å². The number of rotatable bonds is 10. The summed E-state index contributed by atoms with van der Waals surface area (Å²) in [6.07, 6.45) is 0.926. The van der Waals surface area contributed by atoms with E-state index in [-0.39, 0.29) is 22.6 Å². The highest BCUT2D eigenvalue weighted by molar-refractivity contribution is 7.89. The second kappa shape index (κ2) is 11.8. The van der Waals surface area contributed by atoms with Crippen LogP contribution in [0.2, 0.25) is 0 Å².